The molecule has 0 aliphatic heterocycles. The third-order valence-corrected chi connectivity index (χ3v) is 4.28. The molecule has 0 aliphatic rings. The van der Waals surface area contributed by atoms with E-state index < -0.39 is 0 Å². The van der Waals surface area contributed by atoms with Gasteiger partial charge < -0.3 is 16.2 Å². The zero-order valence-electron chi connectivity index (χ0n) is 11.2. The van der Waals surface area contributed by atoms with Gasteiger partial charge in [0.2, 0.25) is 0 Å². The molecule has 0 aliphatic carbocycles. The van der Waals surface area contributed by atoms with E-state index >= 15 is 0 Å². The quantitative estimate of drug-likeness (QED) is 0.729. The van der Waals surface area contributed by atoms with E-state index in [0.717, 1.165) is 0 Å². The van der Waals surface area contributed by atoms with E-state index in [1.807, 2.05) is 18.3 Å². The number of thiophene rings is 1. The molecule has 17 heavy (non-hydrogen) atoms. The molecule has 0 radical (unpaired) electrons. The summed E-state index contributed by atoms with van der Waals surface area (Å²) in [7, 11) is 0. The highest BCUT2D eigenvalue weighted by atomic mass is 32.1. The summed E-state index contributed by atoms with van der Waals surface area (Å²) in [6.07, 6.45) is 0. The van der Waals surface area contributed by atoms with Gasteiger partial charge in [-0.25, -0.2) is 0 Å². The van der Waals surface area contributed by atoms with Crippen molar-refractivity contribution in [2.45, 2.75) is 39.8 Å². The lowest BCUT2D eigenvalue weighted by atomic mass is 10.0. The number of nitrogens with one attached hydrogen (secondary N) is 1. The molecule has 98 valence electrons. The largest absolute Gasteiger partial charge is 0.396 e. The molecular weight excluding hydrogens is 232 g/mol. The van der Waals surface area contributed by atoms with E-state index in [-0.39, 0.29) is 24.6 Å². The van der Waals surface area contributed by atoms with Crippen molar-refractivity contribution in [1.29, 1.82) is 0 Å². The van der Waals surface area contributed by atoms with Crippen LogP contribution in [0.15, 0.2) is 6.07 Å². The molecule has 0 saturated carbocycles. The van der Waals surface area contributed by atoms with E-state index in [1.165, 1.54) is 15.3 Å². The summed E-state index contributed by atoms with van der Waals surface area (Å²) in [6.45, 7) is 9.17. The van der Waals surface area contributed by atoms with Gasteiger partial charge in [-0.1, -0.05) is 6.92 Å². The third kappa shape index (κ3) is 3.78. The van der Waals surface area contributed by atoms with Gasteiger partial charge in [0, 0.05) is 35.0 Å². The molecule has 0 saturated heterocycles. The Balaban J connectivity index is 2.75. The lowest BCUT2D eigenvalue weighted by Gasteiger charge is -2.25. The second kappa shape index (κ2) is 6.50. The molecule has 3 atom stereocenters. The number of aliphatic hydroxyl groups is 1. The van der Waals surface area contributed by atoms with Crippen LogP contribution < -0.4 is 11.1 Å². The predicted octanol–water partition coefficient (Wildman–Crippen LogP) is 1.97. The van der Waals surface area contributed by atoms with Crippen molar-refractivity contribution in [3.8, 4) is 0 Å². The minimum Gasteiger partial charge on any atom is -0.396 e. The number of nitrogens with two attached hydrogens (primary N) is 1. The van der Waals surface area contributed by atoms with Crippen molar-refractivity contribution in [2.24, 2.45) is 11.7 Å². The maximum atomic E-state index is 9.15. The van der Waals surface area contributed by atoms with Crippen molar-refractivity contribution in [3.05, 3.63) is 21.4 Å². The number of hydrogen-bond acceptors (Lipinski definition) is 4. The Bertz CT molecular complexity index is 351. The monoisotopic (exact) mass is 256 g/mol. The molecule has 1 heterocycles. The summed E-state index contributed by atoms with van der Waals surface area (Å²) in [5.74, 6) is 0.240. The Morgan fingerprint density at radius 3 is 2.47 bits per heavy atom. The first-order valence-corrected chi connectivity index (χ1v) is 6.95. The van der Waals surface area contributed by atoms with Crippen LogP contribution in [-0.4, -0.2) is 24.3 Å². The van der Waals surface area contributed by atoms with Gasteiger partial charge >= 0.3 is 0 Å². The van der Waals surface area contributed by atoms with Crippen molar-refractivity contribution in [3.63, 3.8) is 0 Å². The van der Waals surface area contributed by atoms with Gasteiger partial charge in [0.15, 0.2) is 0 Å². The van der Waals surface area contributed by atoms with Crippen LogP contribution in [0.5, 0.6) is 0 Å². The molecule has 0 bridgehead atoms. The lowest BCUT2D eigenvalue weighted by molar-refractivity contribution is 0.201. The van der Waals surface area contributed by atoms with E-state index in [4.69, 9.17) is 10.8 Å². The van der Waals surface area contributed by atoms with Gasteiger partial charge in [-0.05, 0) is 38.3 Å². The van der Waals surface area contributed by atoms with Crippen LogP contribution in [0.25, 0.3) is 0 Å². The predicted molar refractivity (Wildman–Crippen MR) is 74.4 cm³/mol. The minimum absolute atomic E-state index is 0.184. The Hall–Kier alpha value is -0.420. The van der Waals surface area contributed by atoms with Gasteiger partial charge in [0.05, 0.1) is 0 Å². The average molecular weight is 256 g/mol. The Kier molecular flexibility index (Phi) is 5.59. The topological polar surface area (TPSA) is 58.3 Å². The van der Waals surface area contributed by atoms with Gasteiger partial charge in [0.1, 0.15) is 0 Å². The summed E-state index contributed by atoms with van der Waals surface area (Å²) >= 11 is 1.81. The van der Waals surface area contributed by atoms with Crippen LogP contribution >= 0.6 is 11.3 Å². The molecular formula is C13H24N2OS. The van der Waals surface area contributed by atoms with E-state index in [2.05, 4.69) is 32.2 Å². The molecule has 3 unspecified atom stereocenters. The molecule has 4 N–H and O–H groups in total. The summed E-state index contributed by atoms with van der Waals surface area (Å²) < 4.78 is 0. The van der Waals surface area contributed by atoms with Gasteiger partial charge in [-0.2, -0.15) is 0 Å². The number of hydrogen-bond donors (Lipinski definition) is 3. The highest BCUT2D eigenvalue weighted by Gasteiger charge is 2.19. The van der Waals surface area contributed by atoms with Crippen molar-refractivity contribution < 1.29 is 5.11 Å². The molecule has 1 aromatic rings. The highest BCUT2D eigenvalue weighted by Crippen LogP contribution is 2.26. The standard InChI is InChI=1S/C13H24N2OS/c1-8(7-16)10(3)15-13(6-14)12-5-9(2)17-11(12)4/h5,8,10,13,15-16H,6-7,14H2,1-4H3. The molecule has 4 heteroatoms. The van der Waals surface area contributed by atoms with Crippen molar-refractivity contribution in [2.75, 3.05) is 13.2 Å². The van der Waals surface area contributed by atoms with Gasteiger partial charge in [0.25, 0.3) is 0 Å². The maximum absolute atomic E-state index is 9.15. The molecule has 1 aromatic heterocycles. The van der Waals surface area contributed by atoms with Gasteiger partial charge in [-0.3, -0.25) is 0 Å². The van der Waals surface area contributed by atoms with E-state index in [1.54, 1.807) is 0 Å². The molecule has 0 aromatic carbocycles. The fourth-order valence-electron chi connectivity index (χ4n) is 1.92. The van der Waals surface area contributed by atoms with Gasteiger partial charge in [-0.15, -0.1) is 11.3 Å². The number of aryl methyl sites for hydroxylation is 2. The van der Waals surface area contributed by atoms with Crippen LogP contribution in [0.1, 0.15) is 35.2 Å². The lowest BCUT2D eigenvalue weighted by Crippen LogP contribution is -2.39. The zero-order valence-corrected chi connectivity index (χ0v) is 12.0. The zero-order chi connectivity index (χ0) is 13.0. The Morgan fingerprint density at radius 2 is 2.06 bits per heavy atom. The first-order chi connectivity index (χ1) is 7.99. The van der Waals surface area contributed by atoms with Crippen LogP contribution in [0.3, 0.4) is 0 Å². The minimum atomic E-state index is 0.184. The van der Waals surface area contributed by atoms with Crippen LogP contribution in [0.2, 0.25) is 0 Å². The van der Waals surface area contributed by atoms with E-state index in [0.29, 0.717) is 6.54 Å². The third-order valence-electron chi connectivity index (χ3n) is 3.30. The average Bonchev–Trinajstić information content (AvgIpc) is 2.63. The highest BCUT2D eigenvalue weighted by molar-refractivity contribution is 7.12. The second-order valence-electron chi connectivity index (χ2n) is 4.77. The Labute approximate surface area is 108 Å². The Morgan fingerprint density at radius 1 is 1.41 bits per heavy atom. The second-order valence-corrected chi connectivity index (χ2v) is 6.23. The molecule has 0 fully saturated rings. The first-order valence-electron chi connectivity index (χ1n) is 6.13. The van der Waals surface area contributed by atoms with Crippen LogP contribution in [-0.2, 0) is 0 Å². The van der Waals surface area contributed by atoms with Crippen LogP contribution in [0, 0.1) is 19.8 Å². The van der Waals surface area contributed by atoms with Crippen LogP contribution in [0.4, 0.5) is 0 Å². The molecule has 0 spiro atoms. The number of rotatable bonds is 6. The number of aliphatic hydroxyl groups excluding tert-OH is 1. The summed E-state index contributed by atoms with van der Waals surface area (Å²) in [5.41, 5.74) is 7.15. The molecule has 3 nitrogen and oxygen atoms in total. The SMILES string of the molecule is Cc1cc(C(CN)NC(C)C(C)CO)c(C)s1. The smallest absolute Gasteiger partial charge is 0.0471 e. The summed E-state index contributed by atoms with van der Waals surface area (Å²) in [5, 5.41) is 12.7. The molecule has 1 rings (SSSR count). The first kappa shape index (κ1) is 14.6. The molecule has 0 amide bonds. The van der Waals surface area contributed by atoms with Crippen molar-refractivity contribution >= 4 is 11.3 Å². The maximum Gasteiger partial charge on any atom is 0.0471 e. The summed E-state index contributed by atoms with van der Waals surface area (Å²) in [4.78, 5) is 2.65. The summed E-state index contributed by atoms with van der Waals surface area (Å²) in [6, 6.07) is 2.65. The van der Waals surface area contributed by atoms with Crippen molar-refractivity contribution in [1.82, 2.24) is 5.32 Å². The van der Waals surface area contributed by atoms with E-state index in [9.17, 15) is 0 Å². The fourth-order valence-corrected chi connectivity index (χ4v) is 2.91. The fraction of sp³-hybridized carbons (Fsp3) is 0.692. The normalized spacial score (nSPS) is 16.8.